The summed E-state index contributed by atoms with van der Waals surface area (Å²) in [6, 6.07) is 13.4. The van der Waals surface area contributed by atoms with Gasteiger partial charge in [0.25, 0.3) is 0 Å². The van der Waals surface area contributed by atoms with E-state index in [1.807, 2.05) is 13.0 Å². The topological polar surface area (TPSA) is 56.0 Å². The van der Waals surface area contributed by atoms with Crippen molar-refractivity contribution in [1.29, 1.82) is 0 Å². The van der Waals surface area contributed by atoms with Gasteiger partial charge in [-0.25, -0.2) is 9.37 Å². The predicted molar refractivity (Wildman–Crippen MR) is 86.2 cm³/mol. The van der Waals surface area contributed by atoms with Crippen molar-refractivity contribution >= 4 is 17.2 Å². The highest BCUT2D eigenvalue weighted by Crippen LogP contribution is 2.35. The molecule has 0 aliphatic carbocycles. The molecule has 5 heteroatoms. The van der Waals surface area contributed by atoms with E-state index in [0.29, 0.717) is 5.56 Å². The van der Waals surface area contributed by atoms with E-state index in [1.165, 1.54) is 23.5 Å². The van der Waals surface area contributed by atoms with Gasteiger partial charge in [0.05, 0.1) is 10.6 Å². The van der Waals surface area contributed by atoms with Crippen LogP contribution in [0, 0.1) is 12.7 Å². The Morgan fingerprint density at radius 2 is 1.86 bits per heavy atom. The molecule has 0 atom stereocenters. The molecule has 110 valence electrons. The lowest BCUT2D eigenvalue weighted by atomic mass is 10.1. The Balaban J connectivity index is 2.04. The molecule has 3 aromatic rings. The average molecular weight is 312 g/mol. The lowest BCUT2D eigenvalue weighted by Gasteiger charge is -1.99. The standard InChI is InChI=1S/C17H13FN2OS/c1-10-15(11-5-7-14(18)8-6-11)22-17(20-10)13-4-2-3-12(9-13)16(19)21/h2-9H,1H3,(H2,19,21). The lowest BCUT2D eigenvalue weighted by molar-refractivity contribution is 0.100. The summed E-state index contributed by atoms with van der Waals surface area (Å²) in [7, 11) is 0. The van der Waals surface area contributed by atoms with Crippen molar-refractivity contribution in [2.24, 2.45) is 5.73 Å². The molecule has 0 saturated heterocycles. The number of thiazole rings is 1. The monoisotopic (exact) mass is 312 g/mol. The van der Waals surface area contributed by atoms with Crippen molar-refractivity contribution < 1.29 is 9.18 Å². The summed E-state index contributed by atoms with van der Waals surface area (Å²) in [5.41, 5.74) is 8.40. The summed E-state index contributed by atoms with van der Waals surface area (Å²) in [5.74, 6) is -0.728. The summed E-state index contributed by atoms with van der Waals surface area (Å²) in [4.78, 5) is 16.8. The number of nitrogens with two attached hydrogens (primary N) is 1. The van der Waals surface area contributed by atoms with Crippen molar-refractivity contribution in [3.05, 3.63) is 65.6 Å². The SMILES string of the molecule is Cc1nc(-c2cccc(C(N)=O)c2)sc1-c1ccc(F)cc1. The quantitative estimate of drug-likeness (QED) is 0.794. The van der Waals surface area contributed by atoms with Crippen LogP contribution in [-0.2, 0) is 0 Å². The Labute approximate surface area is 131 Å². The highest BCUT2D eigenvalue weighted by Gasteiger charge is 2.12. The third-order valence-corrected chi connectivity index (χ3v) is 4.55. The molecular formula is C17H13FN2OS. The molecule has 1 amide bonds. The van der Waals surface area contributed by atoms with Crippen LogP contribution in [0.5, 0.6) is 0 Å². The molecule has 0 spiro atoms. The van der Waals surface area contributed by atoms with Crippen LogP contribution in [0.3, 0.4) is 0 Å². The van der Waals surface area contributed by atoms with Crippen LogP contribution in [0.2, 0.25) is 0 Å². The van der Waals surface area contributed by atoms with E-state index in [2.05, 4.69) is 4.98 Å². The van der Waals surface area contributed by atoms with Crippen LogP contribution in [0.1, 0.15) is 16.1 Å². The zero-order chi connectivity index (χ0) is 15.7. The zero-order valence-corrected chi connectivity index (χ0v) is 12.7. The van der Waals surface area contributed by atoms with E-state index in [0.717, 1.165) is 26.7 Å². The van der Waals surface area contributed by atoms with E-state index in [9.17, 15) is 9.18 Å². The fourth-order valence-electron chi connectivity index (χ4n) is 2.19. The van der Waals surface area contributed by atoms with Crippen molar-refractivity contribution in [3.63, 3.8) is 0 Å². The van der Waals surface area contributed by atoms with Gasteiger partial charge in [0, 0.05) is 11.1 Å². The molecule has 0 aliphatic heterocycles. The van der Waals surface area contributed by atoms with Crippen molar-refractivity contribution in [2.75, 3.05) is 0 Å². The highest BCUT2D eigenvalue weighted by atomic mass is 32.1. The number of hydrogen-bond acceptors (Lipinski definition) is 3. The number of carbonyl (C=O) groups excluding carboxylic acids is 1. The molecule has 0 saturated carbocycles. The molecule has 1 heterocycles. The molecule has 0 aliphatic rings. The van der Waals surface area contributed by atoms with Gasteiger partial charge in [-0.2, -0.15) is 0 Å². The molecule has 0 radical (unpaired) electrons. The first-order valence-electron chi connectivity index (χ1n) is 6.68. The maximum absolute atomic E-state index is 13.0. The number of aryl methyl sites for hydroxylation is 1. The molecule has 22 heavy (non-hydrogen) atoms. The lowest BCUT2D eigenvalue weighted by Crippen LogP contribution is -2.10. The highest BCUT2D eigenvalue weighted by molar-refractivity contribution is 7.18. The summed E-state index contributed by atoms with van der Waals surface area (Å²) in [6.07, 6.45) is 0. The summed E-state index contributed by atoms with van der Waals surface area (Å²) >= 11 is 1.51. The van der Waals surface area contributed by atoms with Crippen molar-refractivity contribution in [2.45, 2.75) is 6.92 Å². The maximum Gasteiger partial charge on any atom is 0.248 e. The van der Waals surface area contributed by atoms with Crippen LogP contribution in [0.15, 0.2) is 48.5 Å². The Hall–Kier alpha value is -2.53. The van der Waals surface area contributed by atoms with E-state index in [-0.39, 0.29) is 5.82 Å². The van der Waals surface area contributed by atoms with Gasteiger partial charge in [0.15, 0.2) is 0 Å². The molecule has 3 rings (SSSR count). The van der Waals surface area contributed by atoms with Crippen LogP contribution in [0.4, 0.5) is 4.39 Å². The minimum absolute atomic E-state index is 0.264. The van der Waals surface area contributed by atoms with Crippen LogP contribution < -0.4 is 5.73 Å². The predicted octanol–water partition coefficient (Wildman–Crippen LogP) is 4.02. The van der Waals surface area contributed by atoms with E-state index < -0.39 is 5.91 Å². The molecule has 0 unspecified atom stereocenters. The minimum Gasteiger partial charge on any atom is -0.366 e. The number of halogens is 1. The molecule has 2 aromatic carbocycles. The van der Waals surface area contributed by atoms with Gasteiger partial charge in [-0.05, 0) is 36.8 Å². The number of carbonyl (C=O) groups is 1. The van der Waals surface area contributed by atoms with Gasteiger partial charge in [-0.1, -0.05) is 24.3 Å². The van der Waals surface area contributed by atoms with Gasteiger partial charge in [-0.15, -0.1) is 11.3 Å². The summed E-state index contributed by atoms with van der Waals surface area (Å²) in [5, 5.41) is 0.805. The van der Waals surface area contributed by atoms with Gasteiger partial charge in [0.1, 0.15) is 10.8 Å². The molecule has 1 aromatic heterocycles. The minimum atomic E-state index is -0.464. The first-order chi connectivity index (χ1) is 10.5. The Kier molecular flexibility index (Phi) is 3.73. The largest absolute Gasteiger partial charge is 0.366 e. The summed E-state index contributed by atoms with van der Waals surface area (Å²) < 4.78 is 13.0. The third-order valence-electron chi connectivity index (χ3n) is 3.30. The Morgan fingerprint density at radius 1 is 1.14 bits per heavy atom. The van der Waals surface area contributed by atoms with E-state index in [4.69, 9.17) is 5.73 Å². The zero-order valence-electron chi connectivity index (χ0n) is 11.8. The summed E-state index contributed by atoms with van der Waals surface area (Å²) in [6.45, 7) is 1.91. The maximum atomic E-state index is 13.0. The Morgan fingerprint density at radius 3 is 2.55 bits per heavy atom. The second kappa shape index (κ2) is 5.69. The normalized spacial score (nSPS) is 10.6. The number of aromatic nitrogens is 1. The number of primary amides is 1. The third kappa shape index (κ3) is 2.76. The second-order valence-corrected chi connectivity index (χ2v) is 5.88. The molecule has 2 N–H and O–H groups in total. The Bertz CT molecular complexity index is 840. The number of nitrogens with zero attached hydrogens (tertiary/aromatic N) is 1. The van der Waals surface area contributed by atoms with Crippen LogP contribution in [-0.4, -0.2) is 10.9 Å². The first-order valence-corrected chi connectivity index (χ1v) is 7.50. The van der Waals surface area contributed by atoms with Gasteiger partial charge < -0.3 is 5.73 Å². The molecule has 3 nitrogen and oxygen atoms in total. The van der Waals surface area contributed by atoms with Crippen molar-refractivity contribution in [3.8, 4) is 21.0 Å². The number of benzene rings is 2. The fourth-order valence-corrected chi connectivity index (χ4v) is 3.26. The van der Waals surface area contributed by atoms with Crippen LogP contribution >= 0.6 is 11.3 Å². The number of hydrogen-bond donors (Lipinski definition) is 1. The fraction of sp³-hybridized carbons (Fsp3) is 0.0588. The van der Waals surface area contributed by atoms with Gasteiger partial charge in [0.2, 0.25) is 5.91 Å². The molecule has 0 bridgehead atoms. The molecular weight excluding hydrogens is 299 g/mol. The first kappa shape index (κ1) is 14.4. The van der Waals surface area contributed by atoms with Crippen molar-refractivity contribution in [1.82, 2.24) is 4.98 Å². The van der Waals surface area contributed by atoms with E-state index in [1.54, 1.807) is 30.3 Å². The average Bonchev–Trinajstić information content (AvgIpc) is 2.90. The van der Waals surface area contributed by atoms with E-state index >= 15 is 0 Å². The number of amides is 1. The number of rotatable bonds is 3. The smallest absolute Gasteiger partial charge is 0.248 e. The van der Waals surface area contributed by atoms with Gasteiger partial charge >= 0.3 is 0 Å². The molecule has 0 fully saturated rings. The second-order valence-electron chi connectivity index (χ2n) is 4.89. The van der Waals surface area contributed by atoms with Crippen LogP contribution in [0.25, 0.3) is 21.0 Å². The van der Waals surface area contributed by atoms with Gasteiger partial charge in [-0.3, -0.25) is 4.79 Å².